The highest BCUT2D eigenvalue weighted by Crippen LogP contribution is 2.15. The number of nitrogens with two attached hydrogens (primary N) is 1. The van der Waals surface area contributed by atoms with E-state index in [-0.39, 0.29) is 0 Å². The number of nitrogens with zero attached hydrogens (tertiary/aromatic N) is 1. The molecular weight excluding hydrogens is 148 g/mol. The van der Waals surface area contributed by atoms with Gasteiger partial charge in [-0.05, 0) is 33.2 Å². The number of hydrogen-bond acceptors (Lipinski definition) is 2. The van der Waals surface area contributed by atoms with Crippen LogP contribution in [0.5, 0.6) is 0 Å². The molecule has 0 aromatic carbocycles. The van der Waals surface area contributed by atoms with Crippen LogP contribution in [0, 0.1) is 0 Å². The molecule has 1 unspecified atom stereocenters. The average Bonchev–Trinajstić information content (AvgIpc) is 2.16. The summed E-state index contributed by atoms with van der Waals surface area (Å²) in [7, 11) is 0. The molecule has 0 amide bonds. The van der Waals surface area contributed by atoms with Crippen LogP contribution < -0.4 is 5.73 Å². The summed E-state index contributed by atoms with van der Waals surface area (Å²) in [5.41, 5.74) is 5.79. The topological polar surface area (TPSA) is 29.3 Å². The molecule has 0 aromatic heterocycles. The summed E-state index contributed by atoms with van der Waals surface area (Å²) in [4.78, 5) is 2.54. The van der Waals surface area contributed by atoms with Crippen LogP contribution in [0.2, 0.25) is 0 Å². The lowest BCUT2D eigenvalue weighted by Gasteiger charge is -2.28. The first kappa shape index (κ1) is 10.0. The van der Waals surface area contributed by atoms with Gasteiger partial charge in [0, 0.05) is 18.6 Å². The third kappa shape index (κ3) is 3.11. The van der Waals surface area contributed by atoms with Gasteiger partial charge in [-0.15, -0.1) is 0 Å². The Morgan fingerprint density at radius 2 is 2.17 bits per heavy atom. The largest absolute Gasteiger partial charge is 0.327 e. The zero-order valence-electron chi connectivity index (χ0n) is 8.42. The highest BCUT2D eigenvalue weighted by Gasteiger charge is 2.16. The van der Waals surface area contributed by atoms with Gasteiger partial charge < -0.3 is 5.73 Å². The molecule has 2 heteroatoms. The van der Waals surface area contributed by atoms with Gasteiger partial charge in [0.05, 0.1) is 0 Å². The standard InChI is InChI=1S/C10H22N2/c1-9(11)8-12-7-5-3-4-6-10(12)2/h9-10H,3-8,11H2,1-2H3/t9-,10?/m0/s1. The van der Waals surface area contributed by atoms with E-state index in [9.17, 15) is 0 Å². The first-order valence-corrected chi connectivity index (χ1v) is 5.20. The Kier molecular flexibility index (Phi) is 4.02. The minimum atomic E-state index is 0.325. The van der Waals surface area contributed by atoms with E-state index in [1.165, 1.54) is 32.2 Å². The van der Waals surface area contributed by atoms with Crippen LogP contribution in [0.25, 0.3) is 0 Å². The van der Waals surface area contributed by atoms with E-state index in [1.54, 1.807) is 0 Å². The highest BCUT2D eigenvalue weighted by atomic mass is 15.2. The van der Waals surface area contributed by atoms with Crippen molar-refractivity contribution >= 4 is 0 Å². The maximum Gasteiger partial charge on any atom is 0.0139 e. The van der Waals surface area contributed by atoms with E-state index < -0.39 is 0 Å². The van der Waals surface area contributed by atoms with E-state index in [2.05, 4.69) is 18.7 Å². The minimum absolute atomic E-state index is 0.325. The number of hydrogen-bond donors (Lipinski definition) is 1. The Hall–Kier alpha value is -0.0800. The van der Waals surface area contributed by atoms with Gasteiger partial charge >= 0.3 is 0 Å². The van der Waals surface area contributed by atoms with E-state index in [0.717, 1.165) is 12.6 Å². The van der Waals surface area contributed by atoms with Crippen LogP contribution in [0.4, 0.5) is 0 Å². The van der Waals surface area contributed by atoms with Crippen molar-refractivity contribution in [3.63, 3.8) is 0 Å². The number of rotatable bonds is 2. The molecule has 0 spiro atoms. The number of likely N-dealkylation sites (tertiary alicyclic amines) is 1. The lowest BCUT2D eigenvalue weighted by Crippen LogP contribution is -2.40. The van der Waals surface area contributed by atoms with Gasteiger partial charge in [-0.1, -0.05) is 12.8 Å². The molecule has 1 aliphatic rings. The summed E-state index contributed by atoms with van der Waals surface area (Å²) in [6.45, 7) is 6.75. The molecule has 2 nitrogen and oxygen atoms in total. The van der Waals surface area contributed by atoms with Crippen molar-refractivity contribution in [3.8, 4) is 0 Å². The predicted molar refractivity (Wildman–Crippen MR) is 53.2 cm³/mol. The van der Waals surface area contributed by atoms with E-state index in [4.69, 9.17) is 5.73 Å². The lowest BCUT2D eigenvalue weighted by molar-refractivity contribution is 0.204. The summed E-state index contributed by atoms with van der Waals surface area (Å²) in [6, 6.07) is 1.07. The van der Waals surface area contributed by atoms with Gasteiger partial charge in [-0.25, -0.2) is 0 Å². The van der Waals surface area contributed by atoms with Gasteiger partial charge in [-0.3, -0.25) is 4.90 Å². The molecule has 0 bridgehead atoms. The molecule has 1 aliphatic heterocycles. The zero-order valence-corrected chi connectivity index (χ0v) is 8.42. The molecule has 1 fully saturated rings. The SMILES string of the molecule is CC1CCCCCN1C[C@H](C)N. The van der Waals surface area contributed by atoms with Crippen molar-refractivity contribution in [1.82, 2.24) is 4.90 Å². The van der Waals surface area contributed by atoms with Crippen LogP contribution in [-0.4, -0.2) is 30.1 Å². The van der Waals surface area contributed by atoms with Crippen molar-refractivity contribution in [3.05, 3.63) is 0 Å². The zero-order chi connectivity index (χ0) is 8.97. The fourth-order valence-electron chi connectivity index (χ4n) is 1.98. The Morgan fingerprint density at radius 3 is 2.83 bits per heavy atom. The summed E-state index contributed by atoms with van der Waals surface area (Å²) in [5.74, 6) is 0. The maximum atomic E-state index is 5.79. The second-order valence-electron chi connectivity index (χ2n) is 4.17. The molecule has 1 heterocycles. The second-order valence-corrected chi connectivity index (χ2v) is 4.17. The van der Waals surface area contributed by atoms with Crippen molar-refractivity contribution < 1.29 is 0 Å². The quantitative estimate of drug-likeness (QED) is 0.682. The predicted octanol–water partition coefficient (Wildman–Crippen LogP) is 1.60. The van der Waals surface area contributed by atoms with Gasteiger partial charge in [0.1, 0.15) is 0 Å². The molecule has 0 radical (unpaired) electrons. The van der Waals surface area contributed by atoms with Crippen LogP contribution >= 0.6 is 0 Å². The third-order valence-electron chi connectivity index (χ3n) is 2.71. The Balaban J connectivity index is 2.36. The maximum absolute atomic E-state index is 5.79. The fraction of sp³-hybridized carbons (Fsp3) is 1.00. The van der Waals surface area contributed by atoms with E-state index >= 15 is 0 Å². The summed E-state index contributed by atoms with van der Waals surface area (Å²) >= 11 is 0. The molecule has 1 rings (SSSR count). The Labute approximate surface area is 76.1 Å². The van der Waals surface area contributed by atoms with Crippen LogP contribution in [0.15, 0.2) is 0 Å². The van der Waals surface area contributed by atoms with E-state index in [0.29, 0.717) is 6.04 Å². The summed E-state index contributed by atoms with van der Waals surface area (Å²) in [6.07, 6.45) is 5.51. The molecular formula is C10H22N2. The van der Waals surface area contributed by atoms with Gasteiger partial charge in [0.15, 0.2) is 0 Å². The van der Waals surface area contributed by atoms with Crippen LogP contribution in [0.1, 0.15) is 39.5 Å². The molecule has 1 saturated heterocycles. The first-order chi connectivity index (χ1) is 5.70. The van der Waals surface area contributed by atoms with Gasteiger partial charge in [0.25, 0.3) is 0 Å². The molecule has 2 atom stereocenters. The molecule has 0 aliphatic carbocycles. The smallest absolute Gasteiger partial charge is 0.0139 e. The Bertz CT molecular complexity index is 123. The van der Waals surface area contributed by atoms with Crippen LogP contribution in [-0.2, 0) is 0 Å². The monoisotopic (exact) mass is 170 g/mol. The molecule has 12 heavy (non-hydrogen) atoms. The Morgan fingerprint density at radius 1 is 1.42 bits per heavy atom. The molecule has 72 valence electrons. The van der Waals surface area contributed by atoms with Crippen LogP contribution in [0.3, 0.4) is 0 Å². The highest BCUT2D eigenvalue weighted by molar-refractivity contribution is 4.73. The van der Waals surface area contributed by atoms with Crippen molar-refractivity contribution in [1.29, 1.82) is 0 Å². The first-order valence-electron chi connectivity index (χ1n) is 5.20. The van der Waals surface area contributed by atoms with Gasteiger partial charge in [0.2, 0.25) is 0 Å². The van der Waals surface area contributed by atoms with Gasteiger partial charge in [-0.2, -0.15) is 0 Å². The minimum Gasteiger partial charge on any atom is -0.327 e. The fourth-order valence-corrected chi connectivity index (χ4v) is 1.98. The molecule has 2 N–H and O–H groups in total. The summed E-state index contributed by atoms with van der Waals surface area (Å²) < 4.78 is 0. The molecule has 0 saturated carbocycles. The lowest BCUT2D eigenvalue weighted by atomic mass is 10.1. The van der Waals surface area contributed by atoms with Crippen molar-refractivity contribution in [2.75, 3.05) is 13.1 Å². The van der Waals surface area contributed by atoms with Crippen molar-refractivity contribution in [2.45, 2.75) is 51.6 Å². The normalized spacial score (nSPS) is 29.8. The van der Waals surface area contributed by atoms with Crippen molar-refractivity contribution in [2.24, 2.45) is 5.73 Å². The second kappa shape index (κ2) is 4.83. The summed E-state index contributed by atoms with van der Waals surface area (Å²) in [5, 5.41) is 0. The average molecular weight is 170 g/mol. The van der Waals surface area contributed by atoms with E-state index in [1.807, 2.05) is 0 Å². The third-order valence-corrected chi connectivity index (χ3v) is 2.71. The molecule has 0 aromatic rings.